The topological polar surface area (TPSA) is 187 Å². The maximum absolute atomic E-state index is 14.9. The van der Waals surface area contributed by atoms with Crippen molar-refractivity contribution in [2.75, 3.05) is 30.3 Å². The Balaban J connectivity index is 1.51. The van der Waals surface area contributed by atoms with Crippen LogP contribution in [0, 0.1) is 11.6 Å². The summed E-state index contributed by atoms with van der Waals surface area (Å²) in [7, 11) is 0. The van der Waals surface area contributed by atoms with E-state index in [9.17, 15) is 27.2 Å². The average molecular weight is 618 g/mol. The zero-order valence-corrected chi connectivity index (χ0v) is 23.0. The maximum Gasteiger partial charge on any atom is 0.413 e. The number of hydrogen-bond donors (Lipinski definition) is 4. The highest BCUT2D eigenvalue weighted by Gasteiger charge is 2.35. The lowest BCUT2D eigenvalue weighted by molar-refractivity contribution is -0.135. The third-order valence-electron chi connectivity index (χ3n) is 7.12. The number of aromatic nitrogens is 5. The number of carbonyl (C=O) groups is 2. The quantitative estimate of drug-likeness (QED) is 0.202. The Hall–Kier alpha value is -5.06. The first-order chi connectivity index (χ1) is 20.9. The number of benzene rings is 1. The minimum absolute atomic E-state index is 0.00216. The van der Waals surface area contributed by atoms with Crippen LogP contribution in [0.15, 0.2) is 37.1 Å². The third-order valence-corrected chi connectivity index (χ3v) is 7.12. The first-order valence-corrected chi connectivity index (χ1v) is 13.3. The van der Waals surface area contributed by atoms with Crippen LogP contribution in [0.1, 0.15) is 24.8 Å². The van der Waals surface area contributed by atoms with Gasteiger partial charge in [0.25, 0.3) is 0 Å². The summed E-state index contributed by atoms with van der Waals surface area (Å²) in [6.45, 7) is -0.0370. The van der Waals surface area contributed by atoms with Crippen molar-refractivity contribution in [2.24, 2.45) is 5.73 Å². The first kappa shape index (κ1) is 30.4. The predicted octanol–water partition coefficient (Wildman–Crippen LogP) is 2.92. The van der Waals surface area contributed by atoms with E-state index in [2.05, 4.69) is 24.7 Å². The van der Waals surface area contributed by atoms with Crippen molar-refractivity contribution in [1.82, 2.24) is 29.8 Å². The van der Waals surface area contributed by atoms with Gasteiger partial charge in [-0.25, -0.2) is 37.3 Å². The molecule has 0 radical (unpaired) electrons. The second kappa shape index (κ2) is 12.3. The number of rotatable bonds is 9. The normalized spacial score (nSPS) is 16.8. The van der Waals surface area contributed by atoms with E-state index in [0.29, 0.717) is 41.8 Å². The van der Waals surface area contributed by atoms with E-state index in [1.54, 1.807) is 10.6 Å². The number of nitrogens with two attached hydrogens (primary N) is 2. The van der Waals surface area contributed by atoms with E-state index in [-0.39, 0.29) is 30.2 Å². The summed E-state index contributed by atoms with van der Waals surface area (Å²) in [6.07, 6.45) is 0.809. The van der Waals surface area contributed by atoms with Crippen molar-refractivity contribution in [3.05, 3.63) is 54.2 Å². The number of imidazole rings is 1. The maximum atomic E-state index is 14.9. The van der Waals surface area contributed by atoms with Crippen LogP contribution < -0.4 is 26.4 Å². The van der Waals surface area contributed by atoms with Gasteiger partial charge in [0.05, 0.1) is 30.5 Å². The van der Waals surface area contributed by atoms with Crippen molar-refractivity contribution in [2.45, 2.75) is 37.8 Å². The molecule has 1 aliphatic heterocycles. The monoisotopic (exact) mass is 617 g/mol. The fraction of sp³-hybridized carbons (Fsp3) is 0.333. The van der Waals surface area contributed by atoms with Crippen molar-refractivity contribution < 1.29 is 37.0 Å². The molecule has 0 bridgehead atoms. The zero-order chi connectivity index (χ0) is 31.6. The van der Waals surface area contributed by atoms with E-state index in [1.807, 2.05) is 10.2 Å². The molecule has 4 aromatic rings. The summed E-state index contributed by atoms with van der Waals surface area (Å²) in [5.41, 5.74) is 13.2. The molecule has 1 fully saturated rings. The Labute approximate surface area is 246 Å². The molecule has 5 rings (SSSR count). The Morgan fingerprint density at radius 1 is 1.14 bits per heavy atom. The van der Waals surface area contributed by atoms with E-state index in [0.717, 1.165) is 12.1 Å². The molecule has 1 saturated heterocycles. The molecule has 17 heteroatoms. The number of hydrogen-bond acceptors (Lipinski definition) is 10. The Morgan fingerprint density at radius 3 is 2.59 bits per heavy atom. The van der Waals surface area contributed by atoms with Gasteiger partial charge in [0.1, 0.15) is 18.4 Å². The number of alkyl halides is 2. The van der Waals surface area contributed by atoms with Crippen molar-refractivity contribution in [1.29, 1.82) is 0 Å². The Bertz CT molecular complexity index is 1700. The summed E-state index contributed by atoms with van der Waals surface area (Å²) in [6, 6.07) is 3.40. The number of carboxylic acid groups (broad SMARTS) is 1. The SMILES string of the molecule is Nc1ncnc2c1ncn2Cc1cc(-c2cc(F)c(OC(=O)NCC(=O)O)c(F)c2)ncc1N1CCC[C@](N)(CC(F)F)C1. The van der Waals surface area contributed by atoms with E-state index in [1.165, 1.54) is 18.9 Å². The van der Waals surface area contributed by atoms with Gasteiger partial charge in [-0.1, -0.05) is 0 Å². The number of halogens is 4. The van der Waals surface area contributed by atoms with Crippen LogP contribution in [0.4, 0.5) is 33.9 Å². The van der Waals surface area contributed by atoms with Gasteiger partial charge in [-0.3, -0.25) is 9.78 Å². The van der Waals surface area contributed by atoms with Crippen LogP contribution in [-0.4, -0.2) is 73.3 Å². The lowest BCUT2D eigenvalue weighted by Gasteiger charge is -2.42. The van der Waals surface area contributed by atoms with Gasteiger partial charge in [-0.05, 0) is 36.6 Å². The molecule has 13 nitrogen and oxygen atoms in total. The van der Waals surface area contributed by atoms with Crippen molar-refractivity contribution in [3.8, 4) is 17.0 Å². The highest BCUT2D eigenvalue weighted by Crippen LogP contribution is 2.34. The molecular weight excluding hydrogens is 590 g/mol. The number of aliphatic carboxylic acids is 1. The number of anilines is 2. The molecule has 0 saturated carbocycles. The van der Waals surface area contributed by atoms with Crippen LogP contribution in [0.3, 0.4) is 0 Å². The highest BCUT2D eigenvalue weighted by molar-refractivity contribution is 5.81. The van der Waals surface area contributed by atoms with Gasteiger partial charge in [0.2, 0.25) is 12.2 Å². The molecule has 4 heterocycles. The highest BCUT2D eigenvalue weighted by atomic mass is 19.3. The number of pyridine rings is 1. The standard InChI is InChI=1S/C27H27F4N9O4/c28-16-4-14(5-17(29)23(16)44-26(43)35-9-21(41)42)18-6-15(10-40-13-38-22-24(32)36-12-37-25(22)40)19(8-34-18)39-3-1-2-27(33,11-39)7-20(30)31/h4-6,8,12-13,20H,1-3,7,9-11,33H2,(H,35,43)(H,41,42)(H2,32,36,37)/t27-/m0/s1. The number of fused-ring (bicyclic) bond motifs is 1. The number of amides is 1. The van der Waals surface area contributed by atoms with E-state index < -0.39 is 54.4 Å². The molecule has 232 valence electrons. The summed E-state index contributed by atoms with van der Waals surface area (Å²) in [4.78, 5) is 41.1. The molecule has 0 spiro atoms. The molecule has 6 N–H and O–H groups in total. The minimum atomic E-state index is -2.58. The number of piperidine rings is 1. The van der Waals surface area contributed by atoms with Crippen LogP contribution in [0.25, 0.3) is 22.4 Å². The summed E-state index contributed by atoms with van der Waals surface area (Å²) >= 11 is 0. The number of nitrogens with one attached hydrogen (secondary N) is 1. The summed E-state index contributed by atoms with van der Waals surface area (Å²) in [5.74, 6) is -4.70. The van der Waals surface area contributed by atoms with Crippen LogP contribution in [0.2, 0.25) is 0 Å². The molecular formula is C27H27F4N9O4. The zero-order valence-electron chi connectivity index (χ0n) is 23.0. The molecule has 1 aromatic carbocycles. The number of carbonyl (C=O) groups excluding carboxylic acids is 1. The fourth-order valence-electron chi connectivity index (χ4n) is 5.18. The van der Waals surface area contributed by atoms with Gasteiger partial charge in [0, 0.05) is 30.6 Å². The van der Waals surface area contributed by atoms with Crippen LogP contribution in [0.5, 0.6) is 5.75 Å². The van der Waals surface area contributed by atoms with Crippen molar-refractivity contribution in [3.63, 3.8) is 0 Å². The predicted molar refractivity (Wildman–Crippen MR) is 149 cm³/mol. The number of nitrogen functional groups attached to an aromatic ring is 1. The summed E-state index contributed by atoms with van der Waals surface area (Å²) in [5, 5.41) is 10.5. The Morgan fingerprint density at radius 2 is 1.89 bits per heavy atom. The van der Waals surface area contributed by atoms with Gasteiger partial charge in [-0.2, -0.15) is 0 Å². The minimum Gasteiger partial charge on any atom is -0.480 e. The number of ether oxygens (including phenoxy) is 1. The lowest BCUT2D eigenvalue weighted by atomic mass is 9.86. The summed E-state index contributed by atoms with van der Waals surface area (Å²) < 4.78 is 62.8. The molecule has 1 atom stereocenters. The second-order valence-corrected chi connectivity index (χ2v) is 10.4. The largest absolute Gasteiger partial charge is 0.480 e. The van der Waals surface area contributed by atoms with E-state index in [4.69, 9.17) is 16.6 Å². The molecule has 0 aliphatic carbocycles. The Kier molecular flexibility index (Phi) is 8.48. The molecule has 44 heavy (non-hydrogen) atoms. The van der Waals surface area contributed by atoms with Gasteiger partial charge in [-0.15, -0.1) is 0 Å². The number of carboxylic acids is 1. The second-order valence-electron chi connectivity index (χ2n) is 10.4. The third kappa shape index (κ3) is 6.61. The van der Waals surface area contributed by atoms with Gasteiger partial charge >= 0.3 is 12.1 Å². The van der Waals surface area contributed by atoms with Gasteiger partial charge in [0.15, 0.2) is 23.1 Å². The first-order valence-electron chi connectivity index (χ1n) is 13.3. The molecule has 0 unspecified atom stereocenters. The fourth-order valence-corrected chi connectivity index (χ4v) is 5.18. The molecule has 1 amide bonds. The van der Waals surface area contributed by atoms with Gasteiger partial charge < -0.3 is 36.1 Å². The average Bonchev–Trinajstić information content (AvgIpc) is 3.37. The smallest absolute Gasteiger partial charge is 0.413 e. The molecule has 1 aliphatic rings. The lowest BCUT2D eigenvalue weighted by Crippen LogP contribution is -2.55. The van der Waals surface area contributed by atoms with Crippen LogP contribution >= 0.6 is 0 Å². The molecule has 3 aromatic heterocycles. The number of nitrogens with zero attached hydrogens (tertiary/aromatic N) is 6. The van der Waals surface area contributed by atoms with Crippen molar-refractivity contribution >= 4 is 34.7 Å². The van der Waals surface area contributed by atoms with E-state index >= 15 is 0 Å². The van der Waals surface area contributed by atoms with Crippen LogP contribution in [-0.2, 0) is 11.3 Å².